The van der Waals surface area contributed by atoms with E-state index in [1.165, 1.54) is 12.1 Å². The Morgan fingerprint density at radius 1 is 0.607 bits per heavy atom. The number of carbonyl (C=O) groups excluding carboxylic acids is 6. The van der Waals surface area contributed by atoms with E-state index >= 15 is 0 Å². The maximum absolute atomic E-state index is 14.0. The molecule has 0 aliphatic carbocycles. The largest absolute Gasteiger partial charge is 0.508 e. The minimum atomic E-state index is -1.98. The molecule has 24 heteroatoms. The predicted octanol–water partition coefficient (Wildman–Crippen LogP) is 3.89. The molecule has 4 aliphatic heterocycles. The van der Waals surface area contributed by atoms with Crippen LogP contribution in [0.25, 0.3) is 44.6 Å². The molecule has 84 heavy (non-hydrogen) atoms. The van der Waals surface area contributed by atoms with E-state index < -0.39 is 84.3 Å². The molecule has 0 bridgehead atoms. The van der Waals surface area contributed by atoms with Crippen LogP contribution in [-0.4, -0.2) is 130 Å². The van der Waals surface area contributed by atoms with Crippen molar-refractivity contribution >= 4 is 57.5 Å². The molecule has 4 aromatic heterocycles. The Labute approximate surface area is 480 Å². The number of aromatic nitrogens is 4. The average molecular weight is 1160 g/mol. The Bertz CT molecular complexity index is 3800. The van der Waals surface area contributed by atoms with Gasteiger partial charge in [0.1, 0.15) is 51.0 Å². The molecule has 24 nitrogen and oxygen atoms in total. The fraction of sp³-hybridized carbons (Fsp3) is 0.433. The normalized spacial score (nSPS) is 17.5. The molecule has 2 amide bonds. The van der Waals surface area contributed by atoms with E-state index in [1.807, 2.05) is 20.8 Å². The number of cyclic esters (lactones) is 2. The van der Waals surface area contributed by atoms with Crippen molar-refractivity contribution in [1.82, 2.24) is 29.7 Å². The maximum atomic E-state index is 14.0. The van der Waals surface area contributed by atoms with Gasteiger partial charge in [-0.3, -0.25) is 28.8 Å². The number of pyridine rings is 4. The third-order valence-electron chi connectivity index (χ3n) is 15.8. The average Bonchev–Trinajstić information content (AvgIpc) is 4.07. The lowest BCUT2D eigenvalue weighted by molar-refractivity contribution is -0.189. The van der Waals surface area contributed by atoms with Crippen molar-refractivity contribution in [3.63, 3.8) is 0 Å². The van der Waals surface area contributed by atoms with Gasteiger partial charge in [-0.2, -0.15) is 0 Å². The van der Waals surface area contributed by atoms with E-state index in [0.29, 0.717) is 53.1 Å². The van der Waals surface area contributed by atoms with Gasteiger partial charge in [0.15, 0.2) is 0 Å². The minimum absolute atomic E-state index is 0.0223. The van der Waals surface area contributed by atoms with Gasteiger partial charge in [0, 0.05) is 33.0 Å². The topological polar surface area (TPSA) is 311 Å². The summed E-state index contributed by atoms with van der Waals surface area (Å²) in [6.45, 7) is 7.23. The lowest BCUT2D eigenvalue weighted by Crippen LogP contribution is -2.48. The number of phenols is 2. The van der Waals surface area contributed by atoms with Crippen LogP contribution in [0.3, 0.4) is 0 Å². The summed E-state index contributed by atoms with van der Waals surface area (Å²) in [6, 6.07) is 13.1. The molecule has 0 fully saturated rings. The summed E-state index contributed by atoms with van der Waals surface area (Å²) in [7, 11) is 0. The van der Waals surface area contributed by atoms with Crippen molar-refractivity contribution in [3.8, 4) is 34.3 Å². The summed E-state index contributed by atoms with van der Waals surface area (Å²) in [5, 5.41) is 26.8. The van der Waals surface area contributed by atoms with Gasteiger partial charge < -0.3 is 67.9 Å². The summed E-state index contributed by atoms with van der Waals surface area (Å²) in [4.78, 5) is 117. The summed E-state index contributed by atoms with van der Waals surface area (Å²) >= 11 is 0. The number of esters is 4. The zero-order valence-electron chi connectivity index (χ0n) is 47.1. The maximum Gasteiger partial charge on any atom is 0.355 e. The van der Waals surface area contributed by atoms with Crippen LogP contribution in [0.5, 0.6) is 11.5 Å². The number of amides is 2. The van der Waals surface area contributed by atoms with Crippen molar-refractivity contribution in [2.45, 2.75) is 110 Å². The standard InChI is InChI=1S/C60H64N6O18/c1-6-34(80-18-17-79-31-50(70)62-24-52(72)84-60(10-5)44-22-48-54-40(26-66(48)56(74)42(44)29-82-58(60)76)36(8-3)38-20-33(68)12-14-46(38)64-54)27-77-15-16-78-30-49(69)61-23-51(71)83-59(9-4)43-21-47-53-39(25-65(47)55(73)41(43)28-81-57(59)75)35(7-2)37-19-32(67)11-13-45(37)63-53/h11-14,19-22,34,67-68H,6-10,15-18,23-31H2,1-5H3,(H,61,69)(H,62,70)/t34?,59-,60-/m0/s1. The Hall–Kier alpha value is -8.58. The molecule has 3 atom stereocenters. The van der Waals surface area contributed by atoms with Gasteiger partial charge in [0.05, 0.1) is 97.2 Å². The highest BCUT2D eigenvalue weighted by atomic mass is 16.6. The molecule has 4 aliphatic rings. The molecule has 4 N–H and O–H groups in total. The number of fused-ring (bicyclic) bond motifs is 10. The number of aryl methyl sites for hydroxylation is 2. The number of rotatable bonds is 24. The van der Waals surface area contributed by atoms with E-state index in [0.717, 1.165) is 33.0 Å². The lowest BCUT2D eigenvalue weighted by atomic mass is 9.85. The number of phenolic OH excluding ortho intramolecular Hbond substituents is 2. The summed E-state index contributed by atoms with van der Waals surface area (Å²) in [5.74, 6) is -4.71. The van der Waals surface area contributed by atoms with Gasteiger partial charge in [-0.05, 0) is 91.8 Å². The quantitative estimate of drug-likeness (QED) is 0.0379. The first-order valence-corrected chi connectivity index (χ1v) is 28.0. The van der Waals surface area contributed by atoms with Crippen molar-refractivity contribution < 1.29 is 76.9 Å². The number of hydrogen-bond donors (Lipinski definition) is 4. The molecule has 1 unspecified atom stereocenters. The van der Waals surface area contributed by atoms with E-state index in [4.69, 9.17) is 47.9 Å². The zero-order valence-corrected chi connectivity index (χ0v) is 47.1. The van der Waals surface area contributed by atoms with Gasteiger partial charge in [0.25, 0.3) is 11.1 Å². The van der Waals surface area contributed by atoms with E-state index in [9.17, 15) is 48.6 Å². The Morgan fingerprint density at radius 3 is 1.48 bits per heavy atom. The monoisotopic (exact) mass is 1160 g/mol. The highest BCUT2D eigenvalue weighted by Crippen LogP contribution is 2.44. The number of nitrogens with zero attached hydrogens (tertiary/aromatic N) is 4. The van der Waals surface area contributed by atoms with Crippen molar-refractivity contribution in [1.29, 1.82) is 0 Å². The molecular formula is C60H64N6O18. The van der Waals surface area contributed by atoms with Crippen LogP contribution in [0.1, 0.15) is 98.4 Å². The van der Waals surface area contributed by atoms with Crippen LogP contribution in [0.4, 0.5) is 0 Å². The second-order valence-corrected chi connectivity index (χ2v) is 20.7. The SMILES string of the molecule is CCc1c2c(nc3ccc(O)cc13)-c1cc3c(c(=O)n1C2)COC(=O)[C@@]3(CC)OC(=O)CNC(=O)COCCOCC(CC)OCCOCC(=O)NCC(=O)O[C@]1(CC)C(=O)OCc2c1cc1n(c2=O)Cc2c-1nc1ccc(O)cc1c2CC. The van der Waals surface area contributed by atoms with Gasteiger partial charge in [-0.25, -0.2) is 19.6 Å². The molecule has 0 saturated carbocycles. The first-order valence-electron chi connectivity index (χ1n) is 28.0. The second-order valence-electron chi connectivity index (χ2n) is 20.7. The van der Waals surface area contributed by atoms with Crippen LogP contribution >= 0.6 is 0 Å². The summed E-state index contributed by atoms with van der Waals surface area (Å²) in [5.41, 5.74) is 2.63. The molecule has 0 saturated heterocycles. The first kappa shape index (κ1) is 58.6. The van der Waals surface area contributed by atoms with Crippen LogP contribution in [0.15, 0.2) is 58.1 Å². The fourth-order valence-corrected chi connectivity index (χ4v) is 11.5. The Kier molecular flexibility index (Phi) is 17.0. The Morgan fingerprint density at radius 2 is 1.05 bits per heavy atom. The first-order chi connectivity index (χ1) is 40.5. The highest BCUT2D eigenvalue weighted by molar-refractivity contribution is 5.93. The molecule has 8 heterocycles. The number of carbonyl (C=O) groups is 6. The van der Waals surface area contributed by atoms with E-state index in [2.05, 4.69) is 10.6 Å². The van der Waals surface area contributed by atoms with Crippen LogP contribution < -0.4 is 21.8 Å². The number of aromatic hydroxyl groups is 2. The number of ether oxygens (including phenoxy) is 8. The third-order valence-corrected chi connectivity index (χ3v) is 15.8. The van der Waals surface area contributed by atoms with Crippen LogP contribution in [0.2, 0.25) is 0 Å². The molecule has 442 valence electrons. The van der Waals surface area contributed by atoms with E-state index in [1.54, 1.807) is 59.4 Å². The van der Waals surface area contributed by atoms with Gasteiger partial charge in [-0.1, -0.05) is 34.6 Å². The Balaban J connectivity index is 0.632. The second kappa shape index (κ2) is 24.3. The highest BCUT2D eigenvalue weighted by Gasteiger charge is 2.52. The van der Waals surface area contributed by atoms with Gasteiger partial charge in [0.2, 0.25) is 23.0 Å². The molecule has 2 aromatic carbocycles. The lowest BCUT2D eigenvalue weighted by Gasteiger charge is -2.35. The fourth-order valence-electron chi connectivity index (χ4n) is 11.5. The zero-order chi connectivity index (χ0) is 59.6. The summed E-state index contributed by atoms with van der Waals surface area (Å²) < 4.78 is 48.0. The number of benzene rings is 2. The van der Waals surface area contributed by atoms with Gasteiger partial charge in [-0.15, -0.1) is 0 Å². The van der Waals surface area contributed by atoms with Crippen molar-refractivity contribution in [2.75, 3.05) is 59.3 Å². The van der Waals surface area contributed by atoms with Crippen LogP contribution in [0, 0.1) is 0 Å². The third kappa shape index (κ3) is 10.8. The van der Waals surface area contributed by atoms with Crippen molar-refractivity contribution in [3.05, 3.63) is 114 Å². The molecular weight excluding hydrogens is 1090 g/mol. The summed E-state index contributed by atoms with van der Waals surface area (Å²) in [6.07, 6.45) is 1.29. The van der Waals surface area contributed by atoms with Crippen molar-refractivity contribution in [2.24, 2.45) is 0 Å². The smallest absolute Gasteiger partial charge is 0.355 e. The van der Waals surface area contributed by atoms with E-state index in [-0.39, 0.29) is 112 Å². The number of hydrogen-bond acceptors (Lipinski definition) is 20. The number of nitrogens with one attached hydrogen (secondary N) is 2. The minimum Gasteiger partial charge on any atom is -0.508 e. The molecule has 0 spiro atoms. The van der Waals surface area contributed by atoms with Crippen LogP contribution in [-0.2, 0) is 117 Å². The molecule has 0 radical (unpaired) electrons. The molecule has 10 rings (SSSR count). The predicted molar refractivity (Wildman–Crippen MR) is 297 cm³/mol. The molecule has 6 aromatic rings. The van der Waals surface area contributed by atoms with Gasteiger partial charge >= 0.3 is 23.9 Å².